The predicted octanol–water partition coefficient (Wildman–Crippen LogP) is 0.959. The number of nitrogen functional groups attached to an aromatic ring is 1. The molecule has 0 radical (unpaired) electrons. The van der Waals surface area contributed by atoms with Gasteiger partial charge in [0.2, 0.25) is 0 Å². The van der Waals surface area contributed by atoms with Crippen LogP contribution < -0.4 is 11.5 Å². The van der Waals surface area contributed by atoms with Gasteiger partial charge in [-0.1, -0.05) is 0 Å². The van der Waals surface area contributed by atoms with Crippen LogP contribution in [0.1, 0.15) is 18.4 Å². The van der Waals surface area contributed by atoms with E-state index in [2.05, 4.69) is 4.98 Å². The second kappa shape index (κ2) is 4.80. The first-order valence-corrected chi connectivity index (χ1v) is 5.69. The first-order valence-electron chi connectivity index (χ1n) is 5.69. The molecule has 1 saturated carbocycles. The van der Waals surface area contributed by atoms with Gasteiger partial charge in [-0.05, 0) is 42.9 Å². The Hall–Kier alpha value is -1.13. The smallest absolute Gasteiger partial charge is 0.123 e. The van der Waals surface area contributed by atoms with Crippen LogP contribution in [0.25, 0.3) is 0 Å². The maximum absolute atomic E-state index is 6.17. The molecule has 0 aliphatic heterocycles. The van der Waals surface area contributed by atoms with E-state index in [9.17, 15) is 0 Å². The summed E-state index contributed by atoms with van der Waals surface area (Å²) < 4.78 is 5.47. The van der Waals surface area contributed by atoms with Gasteiger partial charge in [0, 0.05) is 19.3 Å². The molecule has 0 spiro atoms. The van der Waals surface area contributed by atoms with Crippen LogP contribution in [0.15, 0.2) is 18.3 Å². The monoisotopic (exact) mass is 221 g/mol. The SMILES string of the molecule is COC(C(N)Cc1ccnc(N)c1)C1CC1. The van der Waals surface area contributed by atoms with Gasteiger partial charge in [-0.25, -0.2) is 4.98 Å². The van der Waals surface area contributed by atoms with Crippen LogP contribution in [0.4, 0.5) is 5.82 Å². The average molecular weight is 221 g/mol. The lowest BCUT2D eigenvalue weighted by atomic mass is 10.00. The maximum Gasteiger partial charge on any atom is 0.123 e. The largest absolute Gasteiger partial charge is 0.384 e. The molecule has 0 aromatic carbocycles. The number of pyridine rings is 1. The zero-order valence-electron chi connectivity index (χ0n) is 9.60. The third-order valence-electron chi connectivity index (χ3n) is 3.10. The van der Waals surface area contributed by atoms with E-state index < -0.39 is 0 Å². The summed E-state index contributed by atoms with van der Waals surface area (Å²) >= 11 is 0. The normalized spacial score (nSPS) is 19.4. The minimum absolute atomic E-state index is 0.0410. The van der Waals surface area contributed by atoms with E-state index in [1.807, 2.05) is 12.1 Å². The molecule has 4 N–H and O–H groups in total. The highest BCUT2D eigenvalue weighted by atomic mass is 16.5. The van der Waals surface area contributed by atoms with E-state index >= 15 is 0 Å². The van der Waals surface area contributed by atoms with Gasteiger partial charge in [-0.3, -0.25) is 0 Å². The molecule has 1 aliphatic rings. The quantitative estimate of drug-likeness (QED) is 0.776. The number of nitrogens with two attached hydrogens (primary N) is 2. The summed E-state index contributed by atoms with van der Waals surface area (Å²) in [5.41, 5.74) is 12.9. The van der Waals surface area contributed by atoms with Crippen LogP contribution in [0.3, 0.4) is 0 Å². The molecule has 0 bridgehead atoms. The summed E-state index contributed by atoms with van der Waals surface area (Å²) in [5, 5.41) is 0. The van der Waals surface area contributed by atoms with Gasteiger partial charge in [0.1, 0.15) is 5.82 Å². The van der Waals surface area contributed by atoms with Crippen molar-refractivity contribution in [3.8, 4) is 0 Å². The number of hydrogen-bond donors (Lipinski definition) is 2. The van der Waals surface area contributed by atoms with Crippen molar-refractivity contribution in [2.75, 3.05) is 12.8 Å². The first kappa shape index (κ1) is 11.4. The molecular formula is C12H19N3O. The fourth-order valence-corrected chi connectivity index (χ4v) is 2.15. The van der Waals surface area contributed by atoms with Gasteiger partial charge in [0.15, 0.2) is 0 Å². The van der Waals surface area contributed by atoms with Crippen molar-refractivity contribution in [2.45, 2.75) is 31.4 Å². The highest BCUT2D eigenvalue weighted by Gasteiger charge is 2.35. The summed E-state index contributed by atoms with van der Waals surface area (Å²) in [6, 6.07) is 3.87. The van der Waals surface area contributed by atoms with E-state index in [1.54, 1.807) is 13.3 Å². The van der Waals surface area contributed by atoms with Crippen molar-refractivity contribution in [3.63, 3.8) is 0 Å². The zero-order valence-corrected chi connectivity index (χ0v) is 9.60. The van der Waals surface area contributed by atoms with E-state index in [0.29, 0.717) is 11.7 Å². The Morgan fingerprint density at radius 1 is 1.56 bits per heavy atom. The third-order valence-corrected chi connectivity index (χ3v) is 3.10. The highest BCUT2D eigenvalue weighted by Crippen LogP contribution is 2.35. The van der Waals surface area contributed by atoms with Crippen molar-refractivity contribution in [3.05, 3.63) is 23.9 Å². The molecule has 1 aromatic rings. The molecule has 2 rings (SSSR count). The van der Waals surface area contributed by atoms with Gasteiger partial charge in [-0.2, -0.15) is 0 Å². The number of rotatable bonds is 5. The number of nitrogens with zero attached hydrogens (tertiary/aromatic N) is 1. The minimum Gasteiger partial charge on any atom is -0.384 e. The number of anilines is 1. The molecule has 0 amide bonds. The highest BCUT2D eigenvalue weighted by molar-refractivity contribution is 5.32. The fraction of sp³-hybridized carbons (Fsp3) is 0.583. The lowest BCUT2D eigenvalue weighted by Gasteiger charge is -2.22. The number of aromatic nitrogens is 1. The summed E-state index contributed by atoms with van der Waals surface area (Å²) in [7, 11) is 1.74. The molecule has 1 aromatic heterocycles. The Morgan fingerprint density at radius 3 is 2.88 bits per heavy atom. The molecule has 0 saturated heterocycles. The Labute approximate surface area is 96.0 Å². The van der Waals surface area contributed by atoms with E-state index in [4.69, 9.17) is 16.2 Å². The van der Waals surface area contributed by atoms with Crippen LogP contribution in [-0.2, 0) is 11.2 Å². The minimum atomic E-state index is 0.0410. The molecule has 1 heterocycles. The lowest BCUT2D eigenvalue weighted by Crippen LogP contribution is -2.39. The van der Waals surface area contributed by atoms with Crippen LogP contribution >= 0.6 is 0 Å². The molecule has 1 aliphatic carbocycles. The molecule has 4 nitrogen and oxygen atoms in total. The van der Waals surface area contributed by atoms with Crippen molar-refractivity contribution in [1.82, 2.24) is 4.98 Å². The molecule has 2 atom stereocenters. The maximum atomic E-state index is 6.17. The van der Waals surface area contributed by atoms with Crippen molar-refractivity contribution in [2.24, 2.45) is 11.7 Å². The summed E-state index contributed by atoms with van der Waals surface area (Å²) in [4.78, 5) is 3.97. The molecule has 2 unspecified atom stereocenters. The molecule has 88 valence electrons. The Kier molecular flexibility index (Phi) is 3.41. The summed E-state index contributed by atoms with van der Waals surface area (Å²) in [6.45, 7) is 0. The van der Waals surface area contributed by atoms with Crippen molar-refractivity contribution >= 4 is 5.82 Å². The van der Waals surface area contributed by atoms with E-state index in [1.165, 1.54) is 12.8 Å². The van der Waals surface area contributed by atoms with Gasteiger partial charge in [0.05, 0.1) is 6.10 Å². The summed E-state index contributed by atoms with van der Waals surface area (Å²) in [5.74, 6) is 1.20. The number of hydrogen-bond acceptors (Lipinski definition) is 4. The second-order valence-electron chi connectivity index (χ2n) is 4.49. The van der Waals surface area contributed by atoms with Gasteiger partial charge in [0.25, 0.3) is 0 Å². The Balaban J connectivity index is 1.97. The first-order chi connectivity index (χ1) is 7.70. The molecular weight excluding hydrogens is 202 g/mol. The third kappa shape index (κ3) is 2.71. The van der Waals surface area contributed by atoms with Crippen LogP contribution in [0.5, 0.6) is 0 Å². The standard InChI is InChI=1S/C12H19N3O/c1-16-12(9-2-3-9)10(13)6-8-4-5-15-11(14)7-8/h4-5,7,9-10,12H,2-3,6,13H2,1H3,(H2,14,15). The Bertz CT molecular complexity index is 352. The molecule has 4 heteroatoms. The predicted molar refractivity (Wildman–Crippen MR) is 63.8 cm³/mol. The van der Waals surface area contributed by atoms with E-state index in [-0.39, 0.29) is 12.1 Å². The Morgan fingerprint density at radius 2 is 2.31 bits per heavy atom. The number of ether oxygens (including phenoxy) is 1. The number of methoxy groups -OCH3 is 1. The molecule has 1 fully saturated rings. The van der Waals surface area contributed by atoms with Gasteiger partial charge < -0.3 is 16.2 Å². The van der Waals surface area contributed by atoms with Crippen LogP contribution in [0, 0.1) is 5.92 Å². The van der Waals surface area contributed by atoms with Crippen LogP contribution in [0.2, 0.25) is 0 Å². The lowest BCUT2D eigenvalue weighted by molar-refractivity contribution is 0.0627. The van der Waals surface area contributed by atoms with Gasteiger partial charge in [-0.15, -0.1) is 0 Å². The van der Waals surface area contributed by atoms with Crippen molar-refractivity contribution < 1.29 is 4.74 Å². The summed E-state index contributed by atoms with van der Waals surface area (Å²) in [6.07, 6.45) is 5.17. The van der Waals surface area contributed by atoms with Crippen LogP contribution in [-0.4, -0.2) is 24.2 Å². The van der Waals surface area contributed by atoms with Crippen molar-refractivity contribution in [1.29, 1.82) is 0 Å². The second-order valence-corrected chi connectivity index (χ2v) is 4.49. The average Bonchev–Trinajstić information content (AvgIpc) is 3.03. The molecule has 16 heavy (non-hydrogen) atoms. The zero-order chi connectivity index (χ0) is 11.5. The topological polar surface area (TPSA) is 74.2 Å². The fourth-order valence-electron chi connectivity index (χ4n) is 2.15. The van der Waals surface area contributed by atoms with Gasteiger partial charge >= 0.3 is 0 Å². The van der Waals surface area contributed by atoms with E-state index in [0.717, 1.165) is 12.0 Å².